The van der Waals surface area contributed by atoms with Crippen molar-refractivity contribution in [2.45, 2.75) is 77.8 Å². The zero-order valence-corrected chi connectivity index (χ0v) is 16.6. The molecule has 0 saturated carbocycles. The molecule has 2 fully saturated rings. The first-order valence-corrected chi connectivity index (χ1v) is 10.1. The fourth-order valence-electron chi connectivity index (χ4n) is 2.91. The van der Waals surface area contributed by atoms with Gasteiger partial charge in [-0.2, -0.15) is 0 Å². The van der Waals surface area contributed by atoms with Gasteiger partial charge in [-0.1, -0.05) is 13.8 Å². The zero-order chi connectivity index (χ0) is 18.1. The second kappa shape index (κ2) is 11.5. The first-order valence-electron chi connectivity index (χ1n) is 10.1. The lowest BCUT2D eigenvalue weighted by molar-refractivity contribution is 0.0000148. The number of ether oxygens (including phenoxy) is 5. The summed E-state index contributed by atoms with van der Waals surface area (Å²) in [6.07, 6.45) is 5.69. The number of hydrogen-bond donors (Lipinski definition) is 0. The van der Waals surface area contributed by atoms with E-state index in [0.717, 1.165) is 65.3 Å². The van der Waals surface area contributed by atoms with Crippen LogP contribution in [0.4, 0.5) is 0 Å². The van der Waals surface area contributed by atoms with Crippen molar-refractivity contribution in [1.29, 1.82) is 0 Å². The van der Waals surface area contributed by atoms with E-state index in [1.165, 1.54) is 0 Å². The van der Waals surface area contributed by atoms with Gasteiger partial charge in [0, 0.05) is 26.4 Å². The van der Waals surface area contributed by atoms with E-state index in [0.29, 0.717) is 36.3 Å². The van der Waals surface area contributed by atoms with Crippen LogP contribution in [-0.4, -0.2) is 64.1 Å². The molecule has 2 saturated heterocycles. The highest BCUT2D eigenvalue weighted by Gasteiger charge is 2.28. The Hall–Kier alpha value is -0.200. The van der Waals surface area contributed by atoms with Crippen LogP contribution < -0.4 is 0 Å². The zero-order valence-electron chi connectivity index (χ0n) is 16.6. The first kappa shape index (κ1) is 21.1. The summed E-state index contributed by atoms with van der Waals surface area (Å²) in [4.78, 5) is 0. The van der Waals surface area contributed by atoms with Crippen LogP contribution in [0.2, 0.25) is 0 Å². The summed E-state index contributed by atoms with van der Waals surface area (Å²) >= 11 is 0. The first-order chi connectivity index (χ1) is 12.1. The lowest BCUT2D eigenvalue weighted by atomic mass is 10.0. The van der Waals surface area contributed by atoms with Crippen LogP contribution in [0.25, 0.3) is 0 Å². The Balaban J connectivity index is 1.33. The predicted molar refractivity (Wildman–Crippen MR) is 97.9 cm³/mol. The minimum Gasteiger partial charge on any atom is -0.381 e. The van der Waals surface area contributed by atoms with Crippen LogP contribution >= 0.6 is 0 Å². The van der Waals surface area contributed by atoms with Gasteiger partial charge < -0.3 is 23.7 Å². The van der Waals surface area contributed by atoms with E-state index in [1.54, 1.807) is 0 Å². The van der Waals surface area contributed by atoms with Crippen LogP contribution in [0.1, 0.15) is 53.4 Å². The maximum Gasteiger partial charge on any atom is 0.0813 e. The van der Waals surface area contributed by atoms with Gasteiger partial charge in [0.1, 0.15) is 0 Å². The Morgan fingerprint density at radius 3 is 1.48 bits per heavy atom. The number of hydrogen-bond acceptors (Lipinski definition) is 5. The van der Waals surface area contributed by atoms with E-state index in [2.05, 4.69) is 27.7 Å². The average Bonchev–Trinajstić information content (AvgIpc) is 3.49. The molecule has 0 aromatic carbocycles. The topological polar surface area (TPSA) is 52.8 Å². The maximum absolute atomic E-state index is 5.88. The molecule has 2 rings (SSSR count). The van der Waals surface area contributed by atoms with Gasteiger partial charge in [-0.25, -0.2) is 0 Å². The molecule has 5 nitrogen and oxygen atoms in total. The summed E-state index contributed by atoms with van der Waals surface area (Å²) in [5.41, 5.74) is 0. The number of rotatable bonds is 16. The van der Waals surface area contributed by atoms with Crippen LogP contribution in [-0.2, 0) is 23.7 Å². The number of epoxide rings is 2. The van der Waals surface area contributed by atoms with E-state index in [-0.39, 0.29) is 0 Å². The lowest BCUT2D eigenvalue weighted by Gasteiger charge is -2.20. The summed E-state index contributed by atoms with van der Waals surface area (Å²) in [5.74, 6) is 1.11. The molecule has 6 unspecified atom stereocenters. The van der Waals surface area contributed by atoms with Gasteiger partial charge in [0.15, 0.2) is 0 Å². The molecule has 0 N–H and O–H groups in total. The molecule has 0 radical (unpaired) electrons. The van der Waals surface area contributed by atoms with Gasteiger partial charge >= 0.3 is 0 Å². The predicted octanol–water partition coefficient (Wildman–Crippen LogP) is 3.44. The molecular formula is C20H38O5. The maximum atomic E-state index is 5.88. The molecule has 0 aromatic rings. The van der Waals surface area contributed by atoms with Crippen molar-refractivity contribution < 1.29 is 23.7 Å². The van der Waals surface area contributed by atoms with E-state index in [9.17, 15) is 0 Å². The standard InChI is InChI=1S/C20H38O5/c1-15(11-19-13-24-19)17(3)22-9-5-7-21-8-6-10-23-18(4)16(2)12-20-14-25-20/h15-20H,5-14H2,1-4H3. The monoisotopic (exact) mass is 358 g/mol. The van der Waals surface area contributed by atoms with Crippen molar-refractivity contribution in [3.8, 4) is 0 Å². The van der Waals surface area contributed by atoms with Gasteiger partial charge in [-0.3, -0.25) is 0 Å². The van der Waals surface area contributed by atoms with Crippen molar-refractivity contribution in [3.63, 3.8) is 0 Å². The quantitative estimate of drug-likeness (QED) is 0.312. The van der Waals surface area contributed by atoms with Crippen molar-refractivity contribution >= 4 is 0 Å². The highest BCUT2D eigenvalue weighted by molar-refractivity contribution is 4.75. The Morgan fingerprint density at radius 2 is 1.12 bits per heavy atom. The average molecular weight is 359 g/mol. The van der Waals surface area contributed by atoms with E-state index < -0.39 is 0 Å². The van der Waals surface area contributed by atoms with Crippen molar-refractivity contribution in [1.82, 2.24) is 0 Å². The third-order valence-electron chi connectivity index (χ3n) is 5.30. The molecule has 0 spiro atoms. The molecule has 2 heterocycles. The van der Waals surface area contributed by atoms with E-state index >= 15 is 0 Å². The second-order valence-corrected chi connectivity index (χ2v) is 7.81. The molecule has 2 aliphatic rings. The highest BCUT2D eigenvalue weighted by atomic mass is 16.6. The highest BCUT2D eigenvalue weighted by Crippen LogP contribution is 2.23. The van der Waals surface area contributed by atoms with Gasteiger partial charge in [-0.15, -0.1) is 0 Å². The Kier molecular flexibility index (Phi) is 9.71. The van der Waals surface area contributed by atoms with Gasteiger partial charge in [-0.05, 0) is 51.4 Å². The third kappa shape index (κ3) is 9.90. The van der Waals surface area contributed by atoms with Crippen LogP contribution in [0.3, 0.4) is 0 Å². The summed E-state index contributed by atoms with van der Waals surface area (Å²) in [7, 11) is 0. The molecular weight excluding hydrogens is 320 g/mol. The third-order valence-corrected chi connectivity index (χ3v) is 5.30. The normalized spacial score (nSPS) is 26.9. The Morgan fingerprint density at radius 1 is 0.720 bits per heavy atom. The summed E-state index contributed by atoms with van der Waals surface area (Å²) in [6.45, 7) is 13.7. The second-order valence-electron chi connectivity index (χ2n) is 7.81. The lowest BCUT2D eigenvalue weighted by Crippen LogP contribution is -2.21. The molecule has 0 aliphatic carbocycles. The molecule has 0 bridgehead atoms. The van der Waals surface area contributed by atoms with E-state index in [4.69, 9.17) is 23.7 Å². The Labute approximate surface area is 153 Å². The largest absolute Gasteiger partial charge is 0.381 e. The van der Waals surface area contributed by atoms with Crippen LogP contribution in [0, 0.1) is 11.8 Å². The molecule has 6 atom stereocenters. The molecule has 5 heteroatoms. The van der Waals surface area contributed by atoms with Crippen LogP contribution in [0.15, 0.2) is 0 Å². The van der Waals surface area contributed by atoms with Gasteiger partial charge in [0.05, 0.1) is 37.6 Å². The summed E-state index contributed by atoms with van der Waals surface area (Å²) in [5, 5.41) is 0. The summed E-state index contributed by atoms with van der Waals surface area (Å²) in [6, 6.07) is 0. The van der Waals surface area contributed by atoms with Crippen molar-refractivity contribution in [2.24, 2.45) is 11.8 Å². The van der Waals surface area contributed by atoms with Crippen molar-refractivity contribution in [3.05, 3.63) is 0 Å². The van der Waals surface area contributed by atoms with Gasteiger partial charge in [0.25, 0.3) is 0 Å². The fourth-order valence-corrected chi connectivity index (χ4v) is 2.91. The minimum absolute atomic E-state index is 0.294. The van der Waals surface area contributed by atoms with Crippen molar-refractivity contribution in [2.75, 3.05) is 39.6 Å². The smallest absolute Gasteiger partial charge is 0.0813 e. The fraction of sp³-hybridized carbons (Fsp3) is 1.00. The SMILES string of the molecule is CC(CC1CO1)C(C)OCCCOCCCOC(C)C(C)CC1CO1. The Bertz CT molecular complexity index is 311. The van der Waals surface area contributed by atoms with Gasteiger partial charge in [0.2, 0.25) is 0 Å². The molecule has 25 heavy (non-hydrogen) atoms. The molecule has 0 aromatic heterocycles. The minimum atomic E-state index is 0.294. The van der Waals surface area contributed by atoms with Crippen LogP contribution in [0.5, 0.6) is 0 Å². The summed E-state index contributed by atoms with van der Waals surface area (Å²) < 4.78 is 28.0. The molecule has 148 valence electrons. The molecule has 2 aliphatic heterocycles. The molecule has 0 amide bonds. The van der Waals surface area contributed by atoms with E-state index in [1.807, 2.05) is 0 Å².